The summed E-state index contributed by atoms with van der Waals surface area (Å²) in [5, 5.41) is 26.3. The highest BCUT2D eigenvalue weighted by Crippen LogP contribution is 2.17. The van der Waals surface area contributed by atoms with Crippen molar-refractivity contribution >= 4 is 17.7 Å². The monoisotopic (exact) mass is 282 g/mol. The zero-order chi connectivity index (χ0) is 15.1. The van der Waals surface area contributed by atoms with Crippen LogP contribution < -0.4 is 0 Å². The average Bonchev–Trinajstić information content (AvgIpc) is 2.49. The van der Waals surface area contributed by atoms with Crippen LogP contribution in [0.4, 0.5) is 5.69 Å². The summed E-state index contributed by atoms with van der Waals surface area (Å²) in [5.74, 6) is -0.751. The Balaban J connectivity index is 1.91. The number of carboxylic acids is 1. The molecule has 5 heteroatoms. The van der Waals surface area contributed by atoms with Crippen LogP contribution in [0, 0.1) is 0 Å². The molecule has 0 amide bonds. The van der Waals surface area contributed by atoms with Gasteiger partial charge >= 0.3 is 5.97 Å². The first kappa shape index (κ1) is 14.5. The van der Waals surface area contributed by atoms with Gasteiger partial charge in [0.05, 0.1) is 17.8 Å². The fourth-order valence-corrected chi connectivity index (χ4v) is 1.65. The Labute approximate surface area is 121 Å². The number of para-hydroxylation sites is 1. The van der Waals surface area contributed by atoms with Crippen molar-refractivity contribution in [2.45, 2.75) is 0 Å². The molecule has 5 nitrogen and oxygen atoms in total. The molecule has 0 atom stereocenters. The van der Waals surface area contributed by atoms with Gasteiger partial charge in [-0.25, -0.2) is 4.79 Å². The quantitative estimate of drug-likeness (QED) is 0.816. The lowest BCUT2D eigenvalue weighted by molar-refractivity contribution is 0.0697. The Hall–Kier alpha value is -2.95. The van der Waals surface area contributed by atoms with Crippen LogP contribution in [-0.2, 0) is 0 Å². The first-order valence-corrected chi connectivity index (χ1v) is 6.32. The molecule has 0 fully saturated rings. The minimum atomic E-state index is -0.968. The van der Waals surface area contributed by atoms with Crippen LogP contribution in [0.1, 0.15) is 15.9 Å². The second kappa shape index (κ2) is 7.00. The van der Waals surface area contributed by atoms with E-state index in [1.807, 2.05) is 6.07 Å². The number of carboxylic acid groups (broad SMARTS) is 1. The van der Waals surface area contributed by atoms with Gasteiger partial charge in [-0.05, 0) is 30.3 Å². The van der Waals surface area contributed by atoms with Crippen molar-refractivity contribution in [3.63, 3.8) is 0 Å². The van der Waals surface area contributed by atoms with E-state index in [-0.39, 0.29) is 11.3 Å². The number of hydrogen-bond donors (Lipinski definition) is 2. The average molecular weight is 282 g/mol. The van der Waals surface area contributed by atoms with Crippen LogP contribution in [0.15, 0.2) is 64.8 Å². The van der Waals surface area contributed by atoms with Crippen molar-refractivity contribution in [2.24, 2.45) is 10.2 Å². The number of hydrogen-bond acceptors (Lipinski definition) is 4. The number of aromatic carboxylic acids is 1. The maximum atomic E-state index is 10.7. The summed E-state index contributed by atoms with van der Waals surface area (Å²) in [6.45, 7) is 0.370. The molecule has 0 unspecified atom stereocenters. The van der Waals surface area contributed by atoms with Crippen LogP contribution in [0.2, 0.25) is 0 Å². The predicted molar refractivity (Wildman–Crippen MR) is 79.9 cm³/mol. The molecule has 0 heterocycles. The first-order chi connectivity index (χ1) is 10.2. The SMILES string of the molecule is O=C(O)c1ccc(N=NCC=Cc2ccccc2O)cc1. The van der Waals surface area contributed by atoms with Crippen LogP contribution in [0.25, 0.3) is 6.08 Å². The number of nitrogens with zero attached hydrogens (tertiary/aromatic N) is 2. The van der Waals surface area contributed by atoms with E-state index in [1.165, 1.54) is 12.1 Å². The summed E-state index contributed by atoms with van der Waals surface area (Å²) < 4.78 is 0. The molecule has 0 aromatic heterocycles. The number of rotatable bonds is 5. The number of azo groups is 1. The molecule has 2 rings (SSSR count). The van der Waals surface area contributed by atoms with E-state index in [0.29, 0.717) is 12.2 Å². The van der Waals surface area contributed by atoms with Gasteiger partial charge < -0.3 is 10.2 Å². The van der Waals surface area contributed by atoms with Crippen molar-refractivity contribution in [2.75, 3.05) is 6.54 Å². The van der Waals surface area contributed by atoms with E-state index < -0.39 is 5.97 Å². The molecule has 0 bridgehead atoms. The fourth-order valence-electron chi connectivity index (χ4n) is 1.65. The summed E-state index contributed by atoms with van der Waals surface area (Å²) in [7, 11) is 0. The van der Waals surface area contributed by atoms with Crippen LogP contribution >= 0.6 is 0 Å². The van der Waals surface area contributed by atoms with Gasteiger partial charge in [0.1, 0.15) is 5.75 Å². The molecule has 2 N–H and O–H groups in total. The zero-order valence-electron chi connectivity index (χ0n) is 11.2. The van der Waals surface area contributed by atoms with Gasteiger partial charge in [0, 0.05) is 5.56 Å². The van der Waals surface area contributed by atoms with E-state index in [0.717, 1.165) is 5.56 Å². The number of aromatic hydroxyl groups is 1. The Morgan fingerprint density at radius 3 is 2.48 bits per heavy atom. The van der Waals surface area contributed by atoms with Crippen LogP contribution in [0.3, 0.4) is 0 Å². The summed E-state index contributed by atoms with van der Waals surface area (Å²) in [5.41, 5.74) is 1.53. The van der Waals surface area contributed by atoms with Crippen LogP contribution in [0.5, 0.6) is 5.75 Å². The fraction of sp³-hybridized carbons (Fsp3) is 0.0625. The lowest BCUT2D eigenvalue weighted by Gasteiger charge is -1.96. The molecule has 21 heavy (non-hydrogen) atoms. The minimum Gasteiger partial charge on any atom is -0.507 e. The normalized spacial score (nSPS) is 11.2. The number of benzene rings is 2. The highest BCUT2D eigenvalue weighted by molar-refractivity contribution is 5.87. The molecule has 0 aliphatic carbocycles. The topological polar surface area (TPSA) is 82.2 Å². The van der Waals surface area contributed by atoms with Gasteiger partial charge in [-0.1, -0.05) is 30.4 Å². The van der Waals surface area contributed by atoms with Gasteiger partial charge in [-0.3, -0.25) is 0 Å². The Kier molecular flexibility index (Phi) is 4.82. The number of phenols is 1. The second-order valence-corrected chi connectivity index (χ2v) is 4.24. The molecule has 0 aliphatic heterocycles. The number of phenolic OH excluding ortho intramolecular Hbond substituents is 1. The van der Waals surface area contributed by atoms with Gasteiger partial charge in [0.15, 0.2) is 0 Å². The third-order valence-electron chi connectivity index (χ3n) is 2.72. The van der Waals surface area contributed by atoms with Crippen molar-refractivity contribution < 1.29 is 15.0 Å². The van der Waals surface area contributed by atoms with Crippen LogP contribution in [-0.4, -0.2) is 22.7 Å². The molecule has 2 aromatic carbocycles. The highest BCUT2D eigenvalue weighted by atomic mass is 16.4. The molecule has 0 saturated carbocycles. The molecule has 0 spiro atoms. The predicted octanol–water partition coefficient (Wildman–Crippen LogP) is 3.89. The first-order valence-electron chi connectivity index (χ1n) is 6.32. The molecular formula is C16H14N2O3. The molecular weight excluding hydrogens is 268 g/mol. The molecule has 106 valence electrons. The molecule has 2 aromatic rings. The Bertz CT molecular complexity index is 676. The summed E-state index contributed by atoms with van der Waals surface area (Å²) in [6, 6.07) is 13.2. The lowest BCUT2D eigenvalue weighted by Crippen LogP contribution is -1.93. The van der Waals surface area contributed by atoms with E-state index >= 15 is 0 Å². The Morgan fingerprint density at radius 1 is 1.10 bits per heavy atom. The molecule has 0 aliphatic rings. The smallest absolute Gasteiger partial charge is 0.335 e. The van der Waals surface area contributed by atoms with Gasteiger partial charge in [0.2, 0.25) is 0 Å². The zero-order valence-corrected chi connectivity index (χ0v) is 11.2. The van der Waals surface area contributed by atoms with Crippen molar-refractivity contribution in [1.29, 1.82) is 0 Å². The maximum absolute atomic E-state index is 10.7. The van der Waals surface area contributed by atoms with Gasteiger partial charge in [-0.2, -0.15) is 10.2 Å². The number of carbonyl (C=O) groups is 1. The summed E-state index contributed by atoms with van der Waals surface area (Å²) in [4.78, 5) is 10.7. The van der Waals surface area contributed by atoms with E-state index in [4.69, 9.17) is 5.11 Å². The van der Waals surface area contributed by atoms with E-state index in [9.17, 15) is 9.90 Å². The highest BCUT2D eigenvalue weighted by Gasteiger charge is 2.00. The maximum Gasteiger partial charge on any atom is 0.335 e. The third-order valence-corrected chi connectivity index (χ3v) is 2.72. The summed E-state index contributed by atoms with van der Waals surface area (Å²) >= 11 is 0. The standard InChI is InChI=1S/C16H14N2O3/c19-15-6-2-1-4-12(15)5-3-11-17-18-14-9-7-13(8-10-14)16(20)21/h1-10,19H,11H2,(H,20,21). The molecule has 0 saturated heterocycles. The summed E-state index contributed by atoms with van der Waals surface area (Å²) in [6.07, 6.45) is 3.55. The third kappa shape index (κ3) is 4.28. The van der Waals surface area contributed by atoms with Crippen molar-refractivity contribution in [1.82, 2.24) is 0 Å². The second-order valence-electron chi connectivity index (χ2n) is 4.24. The largest absolute Gasteiger partial charge is 0.507 e. The molecule has 0 radical (unpaired) electrons. The van der Waals surface area contributed by atoms with Crippen molar-refractivity contribution in [3.8, 4) is 5.75 Å². The van der Waals surface area contributed by atoms with E-state index in [2.05, 4.69) is 10.2 Å². The Morgan fingerprint density at radius 2 is 1.81 bits per heavy atom. The van der Waals surface area contributed by atoms with E-state index in [1.54, 1.807) is 42.5 Å². The van der Waals surface area contributed by atoms with Crippen molar-refractivity contribution in [3.05, 3.63) is 65.7 Å². The van der Waals surface area contributed by atoms with Gasteiger partial charge in [-0.15, -0.1) is 0 Å². The van der Waals surface area contributed by atoms with Gasteiger partial charge in [0.25, 0.3) is 0 Å². The minimum absolute atomic E-state index is 0.216. The lowest BCUT2D eigenvalue weighted by atomic mass is 10.2.